The summed E-state index contributed by atoms with van der Waals surface area (Å²) < 4.78 is 26.1. The SMILES string of the molecule is CC[C@@H](C(=O)NC)N(CCc1ccccc1)C(=O)CCCN(c1cccc(C)c1)S(C)(=O)=O. The Morgan fingerprint density at radius 3 is 2.30 bits per heavy atom. The maximum atomic E-state index is 13.2. The number of aryl methyl sites for hydroxylation is 1. The van der Waals surface area contributed by atoms with Crippen LogP contribution in [0, 0.1) is 6.92 Å². The molecule has 180 valence electrons. The third-order valence-electron chi connectivity index (χ3n) is 5.56. The molecule has 0 radical (unpaired) electrons. The van der Waals surface area contributed by atoms with Crippen LogP contribution in [-0.2, 0) is 26.0 Å². The Balaban J connectivity index is 2.12. The van der Waals surface area contributed by atoms with Crippen LogP contribution in [0.15, 0.2) is 54.6 Å². The number of nitrogens with zero attached hydrogens (tertiary/aromatic N) is 2. The van der Waals surface area contributed by atoms with E-state index in [-0.39, 0.29) is 24.8 Å². The Bertz CT molecular complexity index is 1020. The van der Waals surface area contributed by atoms with Gasteiger partial charge in [0.2, 0.25) is 21.8 Å². The third kappa shape index (κ3) is 7.89. The first-order valence-corrected chi connectivity index (χ1v) is 13.1. The lowest BCUT2D eigenvalue weighted by Gasteiger charge is -2.30. The van der Waals surface area contributed by atoms with Gasteiger partial charge in [-0.2, -0.15) is 0 Å². The van der Waals surface area contributed by atoms with Gasteiger partial charge in [-0.15, -0.1) is 0 Å². The summed E-state index contributed by atoms with van der Waals surface area (Å²) in [4.78, 5) is 27.3. The van der Waals surface area contributed by atoms with E-state index in [0.717, 1.165) is 11.1 Å². The summed E-state index contributed by atoms with van der Waals surface area (Å²) in [7, 11) is -1.93. The molecule has 0 saturated heterocycles. The molecule has 0 aliphatic carbocycles. The van der Waals surface area contributed by atoms with E-state index in [4.69, 9.17) is 0 Å². The molecule has 0 aliphatic rings. The molecule has 1 N–H and O–H groups in total. The van der Waals surface area contributed by atoms with Crippen LogP contribution in [0.2, 0.25) is 0 Å². The smallest absolute Gasteiger partial charge is 0.242 e. The fraction of sp³-hybridized carbons (Fsp3) is 0.440. The minimum absolute atomic E-state index is 0.153. The first-order chi connectivity index (χ1) is 15.7. The predicted molar refractivity (Wildman–Crippen MR) is 133 cm³/mol. The second-order valence-electron chi connectivity index (χ2n) is 8.14. The highest BCUT2D eigenvalue weighted by Gasteiger charge is 2.27. The van der Waals surface area contributed by atoms with E-state index in [1.807, 2.05) is 62.4 Å². The summed E-state index contributed by atoms with van der Waals surface area (Å²) in [6.45, 7) is 4.40. The zero-order valence-corrected chi connectivity index (χ0v) is 20.8. The van der Waals surface area contributed by atoms with Crippen LogP contribution in [0.3, 0.4) is 0 Å². The van der Waals surface area contributed by atoms with Gasteiger partial charge in [-0.25, -0.2) is 8.42 Å². The molecule has 7 nitrogen and oxygen atoms in total. The highest BCUT2D eigenvalue weighted by atomic mass is 32.2. The predicted octanol–water partition coefficient (Wildman–Crippen LogP) is 3.14. The van der Waals surface area contributed by atoms with Crippen molar-refractivity contribution in [3.05, 3.63) is 65.7 Å². The highest BCUT2D eigenvalue weighted by Crippen LogP contribution is 2.20. The summed E-state index contributed by atoms with van der Waals surface area (Å²) in [5, 5.41) is 2.65. The van der Waals surface area contributed by atoms with Gasteiger partial charge >= 0.3 is 0 Å². The van der Waals surface area contributed by atoms with Crippen molar-refractivity contribution in [2.45, 2.75) is 45.6 Å². The number of carbonyl (C=O) groups excluding carboxylic acids is 2. The molecule has 2 aromatic rings. The Labute approximate surface area is 197 Å². The molecule has 2 aromatic carbocycles. The van der Waals surface area contributed by atoms with Crippen molar-refractivity contribution >= 4 is 27.5 Å². The Morgan fingerprint density at radius 1 is 1.03 bits per heavy atom. The van der Waals surface area contributed by atoms with Gasteiger partial charge in [-0.05, 0) is 49.4 Å². The van der Waals surface area contributed by atoms with Crippen LogP contribution >= 0.6 is 0 Å². The average molecular weight is 474 g/mol. The van der Waals surface area contributed by atoms with Gasteiger partial charge in [-0.1, -0.05) is 49.4 Å². The van der Waals surface area contributed by atoms with Gasteiger partial charge in [0.25, 0.3) is 0 Å². The normalized spacial score (nSPS) is 12.1. The van der Waals surface area contributed by atoms with Crippen molar-refractivity contribution in [2.24, 2.45) is 0 Å². The van der Waals surface area contributed by atoms with Gasteiger partial charge in [0, 0.05) is 26.6 Å². The van der Waals surface area contributed by atoms with Crippen LogP contribution in [-0.4, -0.2) is 57.6 Å². The van der Waals surface area contributed by atoms with Gasteiger partial charge in [0.1, 0.15) is 6.04 Å². The fourth-order valence-electron chi connectivity index (χ4n) is 3.85. The second kappa shape index (κ2) is 12.4. The van der Waals surface area contributed by atoms with E-state index in [1.54, 1.807) is 18.0 Å². The zero-order chi connectivity index (χ0) is 24.4. The molecule has 0 unspecified atom stereocenters. The van der Waals surface area contributed by atoms with Crippen LogP contribution in [0.5, 0.6) is 0 Å². The van der Waals surface area contributed by atoms with Crippen LogP contribution in [0.25, 0.3) is 0 Å². The van der Waals surface area contributed by atoms with Crippen molar-refractivity contribution in [1.82, 2.24) is 10.2 Å². The molecule has 2 amide bonds. The van der Waals surface area contributed by atoms with Crippen LogP contribution in [0.1, 0.15) is 37.3 Å². The minimum Gasteiger partial charge on any atom is -0.357 e. The number of nitrogens with one attached hydrogen (secondary N) is 1. The maximum absolute atomic E-state index is 13.2. The van der Waals surface area contributed by atoms with Gasteiger partial charge in [0.05, 0.1) is 11.9 Å². The minimum atomic E-state index is -3.49. The van der Waals surface area contributed by atoms with E-state index in [1.165, 1.54) is 10.6 Å². The molecule has 0 saturated carbocycles. The third-order valence-corrected chi connectivity index (χ3v) is 6.75. The number of carbonyl (C=O) groups is 2. The molecule has 0 bridgehead atoms. The summed E-state index contributed by atoms with van der Waals surface area (Å²) in [5.41, 5.74) is 2.63. The van der Waals surface area contributed by atoms with Crippen molar-refractivity contribution in [3.8, 4) is 0 Å². The monoisotopic (exact) mass is 473 g/mol. The molecule has 0 spiro atoms. The van der Waals surface area contributed by atoms with Gasteiger partial charge < -0.3 is 10.2 Å². The summed E-state index contributed by atoms with van der Waals surface area (Å²) in [5.74, 6) is -0.351. The van der Waals surface area contributed by atoms with Crippen LogP contribution < -0.4 is 9.62 Å². The molecule has 0 aromatic heterocycles. The number of hydrogen-bond donors (Lipinski definition) is 1. The molecule has 1 atom stereocenters. The average Bonchev–Trinajstić information content (AvgIpc) is 2.78. The molecule has 33 heavy (non-hydrogen) atoms. The summed E-state index contributed by atoms with van der Waals surface area (Å²) in [6, 6.07) is 16.5. The Hall–Kier alpha value is -2.87. The number of hydrogen-bond acceptors (Lipinski definition) is 4. The molecule has 8 heteroatoms. The summed E-state index contributed by atoms with van der Waals surface area (Å²) in [6.07, 6.45) is 2.81. The van der Waals surface area contributed by atoms with Gasteiger partial charge in [0.15, 0.2) is 0 Å². The van der Waals surface area contributed by atoms with Crippen molar-refractivity contribution in [1.29, 1.82) is 0 Å². The number of benzene rings is 2. The Kier molecular flexibility index (Phi) is 9.91. The quantitative estimate of drug-likeness (QED) is 0.513. The molecular weight excluding hydrogens is 438 g/mol. The molecule has 0 heterocycles. The van der Waals surface area contributed by atoms with Crippen molar-refractivity contribution in [3.63, 3.8) is 0 Å². The van der Waals surface area contributed by atoms with E-state index >= 15 is 0 Å². The largest absolute Gasteiger partial charge is 0.357 e. The number of amides is 2. The van der Waals surface area contributed by atoms with E-state index in [9.17, 15) is 18.0 Å². The van der Waals surface area contributed by atoms with E-state index in [2.05, 4.69) is 5.32 Å². The number of rotatable bonds is 12. The van der Waals surface area contributed by atoms with Crippen molar-refractivity contribution in [2.75, 3.05) is 30.7 Å². The lowest BCUT2D eigenvalue weighted by molar-refractivity contribution is -0.140. The number of anilines is 1. The van der Waals surface area contributed by atoms with Crippen LogP contribution in [0.4, 0.5) is 5.69 Å². The van der Waals surface area contributed by atoms with E-state index in [0.29, 0.717) is 31.5 Å². The van der Waals surface area contributed by atoms with Gasteiger partial charge in [-0.3, -0.25) is 13.9 Å². The highest BCUT2D eigenvalue weighted by molar-refractivity contribution is 7.92. The first kappa shape index (κ1) is 26.4. The fourth-order valence-corrected chi connectivity index (χ4v) is 4.81. The lowest BCUT2D eigenvalue weighted by Crippen LogP contribution is -2.49. The topological polar surface area (TPSA) is 86.8 Å². The standard InChI is InChI=1S/C25H35N3O4S/c1-5-23(25(30)26-3)27(18-16-21-12-7-6-8-13-21)24(29)15-10-17-28(33(4,31)32)22-14-9-11-20(2)19-22/h6-9,11-14,19,23H,5,10,15-18H2,1-4H3,(H,26,30)/t23-/m0/s1. The first-order valence-electron chi connectivity index (χ1n) is 11.3. The molecule has 2 rings (SSSR count). The van der Waals surface area contributed by atoms with Crippen molar-refractivity contribution < 1.29 is 18.0 Å². The maximum Gasteiger partial charge on any atom is 0.242 e. The number of likely N-dealkylation sites (N-methyl/N-ethyl adjacent to an activating group) is 1. The molecule has 0 aliphatic heterocycles. The second-order valence-corrected chi connectivity index (χ2v) is 10.0. The molecular formula is C25H35N3O4S. The zero-order valence-electron chi connectivity index (χ0n) is 20.0. The summed E-state index contributed by atoms with van der Waals surface area (Å²) >= 11 is 0. The Morgan fingerprint density at radius 2 is 1.73 bits per heavy atom. The lowest BCUT2D eigenvalue weighted by atomic mass is 10.1. The van der Waals surface area contributed by atoms with E-state index < -0.39 is 16.1 Å². The molecule has 0 fully saturated rings. The number of sulfonamides is 1.